The number of hydrogen-bond acceptors (Lipinski definition) is 3. The van der Waals surface area contributed by atoms with Gasteiger partial charge < -0.3 is 0 Å². The summed E-state index contributed by atoms with van der Waals surface area (Å²) in [5, 5.41) is 0.722. The summed E-state index contributed by atoms with van der Waals surface area (Å²) in [4.78, 5) is 24.3. The van der Waals surface area contributed by atoms with Gasteiger partial charge in [0.25, 0.3) is 0 Å². The molecule has 0 saturated heterocycles. The fourth-order valence-corrected chi connectivity index (χ4v) is 4.34. The number of carbonyl (C=O) groups is 1. The number of hydrogen-bond donors (Lipinski definition) is 0. The van der Waals surface area contributed by atoms with Gasteiger partial charge in [-0.1, -0.05) is 0 Å². The Kier molecular flexibility index (Phi) is 4.27. The van der Waals surface area contributed by atoms with Crippen LogP contribution in [0.1, 0.15) is 26.3 Å². The third kappa shape index (κ3) is 2.82. The maximum atomic E-state index is 12.4. The van der Waals surface area contributed by atoms with Crippen LogP contribution < -0.4 is 5.56 Å². The normalized spacial score (nSPS) is 12.8. The van der Waals surface area contributed by atoms with Gasteiger partial charge in [-0.2, -0.15) is 0 Å². The first-order valence-electron chi connectivity index (χ1n) is 6.23. The summed E-state index contributed by atoms with van der Waals surface area (Å²) in [5.74, 6) is 0.00754. The molecule has 5 heteroatoms. The van der Waals surface area contributed by atoms with Gasteiger partial charge in [0.05, 0.1) is 0 Å². The Bertz CT molecular complexity index is 641. The second kappa shape index (κ2) is 5.76. The predicted molar refractivity (Wildman–Crippen MR) is 75.7 cm³/mol. The number of methoxy groups -OCH3 is 1. The zero-order valence-corrected chi connectivity index (χ0v) is 13.0. The first-order chi connectivity index (χ1) is 9.04. The number of carbonyl (C=O) groups excluding carboxylic acids is 1. The third-order valence-corrected chi connectivity index (χ3v) is 5.42. The summed E-state index contributed by atoms with van der Waals surface area (Å²) in [6.07, 6.45) is 0.633. The van der Waals surface area contributed by atoms with E-state index >= 15 is 0 Å². The minimum absolute atomic E-state index is 0.0494. The molecule has 0 radical (unpaired) electrons. The van der Waals surface area contributed by atoms with Crippen molar-refractivity contribution in [3.63, 3.8) is 0 Å². The van der Waals surface area contributed by atoms with E-state index in [-0.39, 0.29) is 26.3 Å². The second-order valence-electron chi connectivity index (χ2n) is 4.89. The van der Waals surface area contributed by atoms with E-state index in [1.165, 1.54) is 7.11 Å². The van der Waals surface area contributed by atoms with Crippen LogP contribution in [-0.2, 0) is 9.53 Å². The van der Waals surface area contributed by atoms with E-state index in [0.29, 0.717) is 12.3 Å². The van der Waals surface area contributed by atoms with Gasteiger partial charge in [0.1, 0.15) is 0 Å². The van der Waals surface area contributed by atoms with Crippen LogP contribution in [-0.4, -0.2) is 31.4 Å². The van der Waals surface area contributed by atoms with Crippen molar-refractivity contribution in [3.8, 4) is 0 Å². The van der Waals surface area contributed by atoms with E-state index in [1.54, 1.807) is 3.56 Å². The zero-order chi connectivity index (χ0) is 14.0. The molecule has 4 nitrogen and oxygen atoms in total. The van der Waals surface area contributed by atoms with Gasteiger partial charge in [0.15, 0.2) is 0 Å². The molecule has 0 spiro atoms. The number of ether oxygens (including phenoxy) is 1. The van der Waals surface area contributed by atoms with Crippen LogP contribution in [0.15, 0.2) is 29.1 Å². The van der Waals surface area contributed by atoms with E-state index in [1.807, 2.05) is 38.1 Å². The number of esters is 1. The molecule has 0 bridgehead atoms. The van der Waals surface area contributed by atoms with Gasteiger partial charge in [-0.25, -0.2) is 0 Å². The number of aromatic nitrogens is 1. The van der Waals surface area contributed by atoms with Crippen LogP contribution in [0.4, 0.5) is 0 Å². The fraction of sp³-hybridized carbons (Fsp3) is 0.429. The quantitative estimate of drug-likeness (QED) is 0.636. The van der Waals surface area contributed by atoms with E-state index in [4.69, 9.17) is 4.74 Å². The maximum absolute atomic E-state index is 12.4. The Morgan fingerprint density at radius 1 is 1.37 bits per heavy atom. The molecule has 1 heterocycles. The van der Waals surface area contributed by atoms with Crippen molar-refractivity contribution >= 4 is 30.3 Å². The van der Waals surface area contributed by atoms with Gasteiger partial charge >= 0.3 is 117 Å². The van der Waals surface area contributed by atoms with Crippen LogP contribution in [0.25, 0.3) is 9.65 Å². The standard InChI is InChI=1S/C14H17NO3Se/c1-9(2)8-11(14(17)18-3)15-13(16)10-6-4-5-7-12(10)19-15/h4-7,9,11H,8H2,1-3H3. The number of nitrogens with zero attached hydrogens (tertiary/aromatic N) is 1. The van der Waals surface area contributed by atoms with Crippen molar-refractivity contribution in [1.82, 2.24) is 3.56 Å². The minimum atomic E-state index is -0.468. The van der Waals surface area contributed by atoms with E-state index in [0.717, 1.165) is 9.65 Å². The van der Waals surface area contributed by atoms with Gasteiger partial charge in [-0.3, -0.25) is 0 Å². The van der Waals surface area contributed by atoms with Gasteiger partial charge in [0.2, 0.25) is 0 Å². The Balaban J connectivity index is 2.52. The van der Waals surface area contributed by atoms with Crippen LogP contribution in [0, 0.1) is 5.92 Å². The number of fused-ring (bicyclic) bond motifs is 1. The fourth-order valence-electron chi connectivity index (χ4n) is 2.06. The summed E-state index contributed by atoms with van der Waals surface area (Å²) in [5.41, 5.74) is -0.0494. The van der Waals surface area contributed by atoms with Crippen molar-refractivity contribution in [2.45, 2.75) is 26.3 Å². The summed E-state index contributed by atoms with van der Waals surface area (Å²) in [6.45, 7) is 4.08. The first-order valence-corrected chi connectivity index (χ1v) is 7.85. The molecule has 2 rings (SSSR count). The molecule has 0 N–H and O–H groups in total. The van der Waals surface area contributed by atoms with Crippen molar-refractivity contribution in [1.29, 1.82) is 0 Å². The molecule has 19 heavy (non-hydrogen) atoms. The molecular formula is C14H17NO3Se. The SMILES string of the molecule is COC(=O)C(CC(C)C)n1[se]c2ccccc2c1=O. The molecule has 1 atom stereocenters. The molecule has 1 aromatic carbocycles. The second-order valence-corrected chi connectivity index (χ2v) is 7.02. The molecular weight excluding hydrogens is 309 g/mol. The zero-order valence-electron chi connectivity index (χ0n) is 11.3. The van der Waals surface area contributed by atoms with Gasteiger partial charge in [0, 0.05) is 0 Å². The Morgan fingerprint density at radius 3 is 2.63 bits per heavy atom. The van der Waals surface area contributed by atoms with E-state index in [9.17, 15) is 9.59 Å². The topological polar surface area (TPSA) is 48.3 Å². The molecule has 0 aliphatic heterocycles. The monoisotopic (exact) mass is 327 g/mol. The van der Waals surface area contributed by atoms with Crippen molar-refractivity contribution < 1.29 is 9.53 Å². The van der Waals surface area contributed by atoms with Gasteiger partial charge in [-0.15, -0.1) is 0 Å². The summed E-state index contributed by atoms with van der Waals surface area (Å²) >= 11 is -0.137. The molecule has 102 valence electrons. The molecule has 0 aliphatic rings. The molecule has 0 amide bonds. The summed E-state index contributed by atoms with van der Waals surface area (Å²) < 4.78 is 7.57. The molecule has 1 unspecified atom stereocenters. The Morgan fingerprint density at radius 2 is 2.05 bits per heavy atom. The van der Waals surface area contributed by atoms with Crippen LogP contribution in [0.5, 0.6) is 0 Å². The third-order valence-electron chi connectivity index (χ3n) is 2.97. The molecule has 0 fully saturated rings. The first kappa shape index (κ1) is 14.1. The van der Waals surface area contributed by atoms with Crippen LogP contribution in [0.2, 0.25) is 0 Å². The van der Waals surface area contributed by atoms with Crippen molar-refractivity contribution in [3.05, 3.63) is 34.6 Å². The average Bonchev–Trinajstić information content (AvgIpc) is 2.73. The van der Waals surface area contributed by atoms with E-state index < -0.39 is 6.04 Å². The van der Waals surface area contributed by atoms with Crippen LogP contribution in [0.3, 0.4) is 0 Å². The van der Waals surface area contributed by atoms with Crippen molar-refractivity contribution in [2.75, 3.05) is 7.11 Å². The Labute approximate surface area is 118 Å². The molecule has 0 aliphatic carbocycles. The molecule has 2 aromatic rings. The summed E-state index contributed by atoms with van der Waals surface area (Å²) in [6, 6.07) is 7.09. The Hall–Kier alpha value is -1.32. The molecule has 1 aromatic heterocycles. The number of benzene rings is 1. The van der Waals surface area contributed by atoms with E-state index in [2.05, 4.69) is 0 Å². The van der Waals surface area contributed by atoms with Gasteiger partial charge in [-0.05, 0) is 0 Å². The number of rotatable bonds is 4. The van der Waals surface area contributed by atoms with Crippen LogP contribution >= 0.6 is 0 Å². The summed E-state index contributed by atoms with van der Waals surface area (Å²) in [7, 11) is 1.37. The molecule has 0 saturated carbocycles. The van der Waals surface area contributed by atoms with Crippen molar-refractivity contribution in [2.24, 2.45) is 5.92 Å². The predicted octanol–water partition coefficient (Wildman–Crippen LogP) is 1.82. The average molecular weight is 326 g/mol.